The van der Waals surface area contributed by atoms with Gasteiger partial charge < -0.3 is 25.2 Å². The van der Waals surface area contributed by atoms with E-state index in [1.54, 1.807) is 0 Å². The van der Waals surface area contributed by atoms with Crippen molar-refractivity contribution in [2.24, 2.45) is 0 Å². The molecule has 3 aromatic rings. The van der Waals surface area contributed by atoms with Crippen molar-refractivity contribution in [3.05, 3.63) is 108 Å². The van der Waals surface area contributed by atoms with Crippen LogP contribution >= 0.6 is 0 Å². The van der Waals surface area contributed by atoms with Crippen LogP contribution in [0.1, 0.15) is 48.8 Å². The third-order valence-corrected chi connectivity index (χ3v) is 8.64. The number of carbonyl (C=O) groups is 3. The highest BCUT2D eigenvalue weighted by Gasteiger charge is 2.53. The summed E-state index contributed by atoms with van der Waals surface area (Å²) in [6.45, 7) is 3.57. The molecule has 0 aliphatic carbocycles. The molecule has 2 heterocycles. The Bertz CT molecular complexity index is 1330. The van der Waals surface area contributed by atoms with Gasteiger partial charge in [0.1, 0.15) is 18.2 Å². The predicted molar refractivity (Wildman–Crippen MR) is 166 cm³/mol. The summed E-state index contributed by atoms with van der Waals surface area (Å²) < 4.78 is 5.26. The number of piperidine rings is 1. The highest BCUT2D eigenvalue weighted by atomic mass is 16.5. The van der Waals surface area contributed by atoms with Gasteiger partial charge in [0.25, 0.3) is 0 Å². The van der Waals surface area contributed by atoms with Crippen molar-refractivity contribution in [2.75, 3.05) is 26.2 Å². The second-order valence-electron chi connectivity index (χ2n) is 11.5. The fraction of sp³-hybridized carbons (Fsp3) is 0.400. The largest absolute Gasteiger partial charge is 0.445 e. The van der Waals surface area contributed by atoms with E-state index < -0.39 is 17.7 Å². The van der Waals surface area contributed by atoms with Crippen LogP contribution in [0.2, 0.25) is 0 Å². The predicted octanol–water partition coefficient (Wildman–Crippen LogP) is 4.69. The maximum absolute atomic E-state index is 13.9. The van der Waals surface area contributed by atoms with Crippen LogP contribution < -0.4 is 10.6 Å². The number of likely N-dealkylation sites (tertiary alicyclic amines) is 1. The quantitative estimate of drug-likeness (QED) is 0.303. The second kappa shape index (κ2) is 14.8. The van der Waals surface area contributed by atoms with Crippen LogP contribution in [-0.4, -0.2) is 65.5 Å². The van der Waals surface area contributed by atoms with E-state index in [0.29, 0.717) is 45.2 Å². The Labute approximate surface area is 254 Å². The average Bonchev–Trinajstić information content (AvgIpc) is 3.05. The van der Waals surface area contributed by atoms with Crippen molar-refractivity contribution in [3.63, 3.8) is 0 Å². The number of nitrogens with one attached hydrogen (secondary N) is 2. The van der Waals surface area contributed by atoms with Crippen molar-refractivity contribution in [1.29, 1.82) is 0 Å². The monoisotopic (exact) mass is 582 g/mol. The van der Waals surface area contributed by atoms with Crippen molar-refractivity contribution < 1.29 is 19.1 Å². The third kappa shape index (κ3) is 8.02. The van der Waals surface area contributed by atoms with Gasteiger partial charge in [-0.1, -0.05) is 91.0 Å². The number of ether oxygens (including phenoxy) is 1. The lowest BCUT2D eigenvalue weighted by Crippen LogP contribution is -2.72. The molecule has 3 amide bonds. The van der Waals surface area contributed by atoms with Gasteiger partial charge in [0.05, 0.1) is 0 Å². The molecule has 43 heavy (non-hydrogen) atoms. The third-order valence-electron chi connectivity index (χ3n) is 8.64. The Morgan fingerprint density at radius 3 is 2.09 bits per heavy atom. The number of hydrogen-bond donors (Lipinski definition) is 2. The van der Waals surface area contributed by atoms with Crippen molar-refractivity contribution in [1.82, 2.24) is 20.4 Å². The maximum Gasteiger partial charge on any atom is 0.407 e. The highest BCUT2D eigenvalue weighted by Crippen LogP contribution is 2.35. The number of benzene rings is 3. The molecule has 226 valence electrons. The van der Waals surface area contributed by atoms with Crippen LogP contribution in [0.3, 0.4) is 0 Å². The molecule has 0 bridgehead atoms. The van der Waals surface area contributed by atoms with Crippen LogP contribution in [-0.2, 0) is 33.9 Å². The lowest BCUT2D eigenvalue weighted by Gasteiger charge is -2.51. The summed E-state index contributed by atoms with van der Waals surface area (Å²) in [5.74, 6) is -0.0604. The van der Waals surface area contributed by atoms with E-state index in [1.165, 1.54) is 5.56 Å². The lowest BCUT2D eigenvalue weighted by molar-refractivity contribution is -0.162. The Kier molecular flexibility index (Phi) is 10.4. The summed E-state index contributed by atoms with van der Waals surface area (Å²) in [5, 5.41) is 5.87. The van der Waals surface area contributed by atoms with Gasteiger partial charge in [-0.25, -0.2) is 4.79 Å². The highest BCUT2D eigenvalue weighted by molar-refractivity contribution is 6.00. The number of piperazine rings is 1. The SMILES string of the molecule is O=C(NCCCC[C@@H]1NC(=O)C2(CCN(CCc3ccccc3)CC2)N(Cc2ccccc2)C1=O)OCc1ccccc1. The minimum atomic E-state index is -0.837. The maximum atomic E-state index is 13.9. The molecule has 3 aromatic carbocycles. The average molecular weight is 583 g/mol. The first kappa shape index (κ1) is 30.3. The topological polar surface area (TPSA) is 91.0 Å². The van der Waals surface area contributed by atoms with Crippen molar-refractivity contribution in [2.45, 2.75) is 63.3 Å². The number of amides is 3. The Balaban J connectivity index is 1.14. The number of nitrogens with zero attached hydrogens (tertiary/aromatic N) is 2. The lowest BCUT2D eigenvalue weighted by atomic mass is 9.81. The molecular weight excluding hydrogens is 540 g/mol. The molecule has 2 aliphatic heterocycles. The molecule has 8 heteroatoms. The molecule has 1 atom stereocenters. The van der Waals surface area contributed by atoms with Gasteiger partial charge in [0, 0.05) is 32.7 Å². The Morgan fingerprint density at radius 1 is 0.837 bits per heavy atom. The van der Waals surface area contributed by atoms with Crippen LogP contribution in [0.15, 0.2) is 91.0 Å². The molecule has 2 saturated heterocycles. The molecule has 2 fully saturated rings. The fourth-order valence-electron chi connectivity index (χ4n) is 6.08. The van der Waals surface area contributed by atoms with E-state index in [-0.39, 0.29) is 18.4 Å². The molecule has 1 spiro atoms. The summed E-state index contributed by atoms with van der Waals surface area (Å²) in [6.07, 6.45) is 3.64. The first-order chi connectivity index (χ1) is 21.0. The first-order valence-electron chi connectivity index (χ1n) is 15.4. The molecular formula is C35H42N4O4. The minimum absolute atomic E-state index is 0.0172. The standard InChI is InChI=1S/C35H42N4O4/c40-32-31(18-10-11-22-36-34(42)43-27-30-16-8-3-9-17-30)37-33(41)35(39(32)26-29-14-6-2-7-15-29)20-24-38(25-21-35)23-19-28-12-4-1-5-13-28/h1-9,12-17,31H,10-11,18-27H2,(H,36,42)(H,37,41)/t31-/m0/s1. The zero-order chi connectivity index (χ0) is 29.9. The van der Waals surface area contributed by atoms with Gasteiger partial charge in [0.2, 0.25) is 11.8 Å². The molecule has 8 nitrogen and oxygen atoms in total. The van der Waals surface area contributed by atoms with Crippen molar-refractivity contribution >= 4 is 17.9 Å². The smallest absolute Gasteiger partial charge is 0.407 e. The molecule has 0 aromatic heterocycles. The van der Waals surface area contributed by atoms with Crippen LogP contribution in [0, 0.1) is 0 Å². The fourth-order valence-corrected chi connectivity index (χ4v) is 6.08. The summed E-state index contributed by atoms with van der Waals surface area (Å²) in [5.41, 5.74) is 2.42. The Morgan fingerprint density at radius 2 is 1.44 bits per heavy atom. The number of carbonyl (C=O) groups excluding carboxylic acids is 3. The van der Waals surface area contributed by atoms with E-state index in [9.17, 15) is 14.4 Å². The summed E-state index contributed by atoms with van der Waals surface area (Å²) in [4.78, 5) is 44.0. The molecule has 0 saturated carbocycles. The van der Waals surface area contributed by atoms with Crippen LogP contribution in [0.25, 0.3) is 0 Å². The zero-order valence-corrected chi connectivity index (χ0v) is 24.8. The van der Waals surface area contributed by atoms with Gasteiger partial charge in [-0.05, 0) is 55.2 Å². The van der Waals surface area contributed by atoms with E-state index in [0.717, 1.165) is 37.2 Å². The van der Waals surface area contributed by atoms with Gasteiger partial charge in [0.15, 0.2) is 0 Å². The Hall–Kier alpha value is -4.17. The van der Waals surface area contributed by atoms with Gasteiger partial charge >= 0.3 is 6.09 Å². The van der Waals surface area contributed by atoms with Crippen LogP contribution in [0.4, 0.5) is 4.79 Å². The molecule has 5 rings (SSSR count). The molecule has 0 unspecified atom stereocenters. The van der Waals surface area contributed by atoms with Gasteiger partial charge in [-0.2, -0.15) is 0 Å². The van der Waals surface area contributed by atoms with Crippen LogP contribution in [0.5, 0.6) is 0 Å². The van der Waals surface area contributed by atoms with E-state index in [1.807, 2.05) is 71.6 Å². The summed E-state index contributed by atoms with van der Waals surface area (Å²) >= 11 is 0. The van der Waals surface area contributed by atoms with Gasteiger partial charge in [-0.3, -0.25) is 9.59 Å². The van der Waals surface area contributed by atoms with E-state index in [2.05, 4.69) is 39.8 Å². The van der Waals surface area contributed by atoms with E-state index in [4.69, 9.17) is 4.74 Å². The second-order valence-corrected chi connectivity index (χ2v) is 11.5. The van der Waals surface area contributed by atoms with E-state index >= 15 is 0 Å². The number of hydrogen-bond acceptors (Lipinski definition) is 5. The summed E-state index contributed by atoms with van der Waals surface area (Å²) in [6, 6.07) is 29.4. The number of alkyl carbamates (subject to hydrolysis) is 1. The number of rotatable bonds is 12. The molecule has 2 N–H and O–H groups in total. The zero-order valence-electron chi connectivity index (χ0n) is 24.8. The molecule has 0 radical (unpaired) electrons. The molecule has 2 aliphatic rings. The normalized spacial score (nSPS) is 18.3. The number of unbranched alkanes of at least 4 members (excludes halogenated alkanes) is 1. The van der Waals surface area contributed by atoms with Gasteiger partial charge in [-0.15, -0.1) is 0 Å². The van der Waals surface area contributed by atoms with Crippen molar-refractivity contribution in [3.8, 4) is 0 Å². The summed E-state index contributed by atoms with van der Waals surface area (Å²) in [7, 11) is 0. The minimum Gasteiger partial charge on any atom is -0.445 e. The first-order valence-corrected chi connectivity index (χ1v) is 15.4.